The molecule has 0 saturated heterocycles. The smallest absolute Gasteiger partial charge is 0.122 e. The Balaban J connectivity index is 1.98. The van der Waals surface area contributed by atoms with Crippen LogP contribution in [0.1, 0.15) is 22.4 Å². The van der Waals surface area contributed by atoms with Gasteiger partial charge in [-0.25, -0.2) is 0 Å². The fourth-order valence-corrected chi connectivity index (χ4v) is 4.30. The zero-order valence-corrected chi connectivity index (χ0v) is 12.4. The van der Waals surface area contributed by atoms with Gasteiger partial charge in [-0.2, -0.15) is 0 Å². The van der Waals surface area contributed by atoms with Crippen molar-refractivity contribution in [2.45, 2.75) is 12.0 Å². The Labute approximate surface area is 119 Å². The van der Waals surface area contributed by atoms with Gasteiger partial charge >= 0.3 is 0 Å². The fraction of sp³-hybridized carbons (Fsp3) is 0.286. The lowest BCUT2D eigenvalue weighted by Crippen LogP contribution is -2.24. The van der Waals surface area contributed by atoms with Gasteiger partial charge in [0.15, 0.2) is 0 Å². The maximum absolute atomic E-state index is 5.78. The summed E-state index contributed by atoms with van der Waals surface area (Å²) in [7, 11) is 2.01. The van der Waals surface area contributed by atoms with Gasteiger partial charge in [-0.3, -0.25) is 0 Å². The lowest BCUT2D eigenvalue weighted by atomic mass is 9.92. The molecule has 2 atom stereocenters. The Morgan fingerprint density at radius 2 is 2.22 bits per heavy atom. The van der Waals surface area contributed by atoms with E-state index in [1.165, 1.54) is 14.9 Å². The first-order chi connectivity index (χ1) is 8.81. The Morgan fingerprint density at radius 1 is 1.39 bits per heavy atom. The van der Waals surface area contributed by atoms with Crippen molar-refractivity contribution in [2.75, 3.05) is 13.7 Å². The summed E-state index contributed by atoms with van der Waals surface area (Å²) < 4.78 is 6.96. The minimum absolute atomic E-state index is 0.294. The number of benzene rings is 1. The van der Waals surface area contributed by atoms with Gasteiger partial charge in [0.1, 0.15) is 5.75 Å². The molecule has 0 saturated carbocycles. The van der Waals surface area contributed by atoms with Crippen molar-refractivity contribution in [1.29, 1.82) is 0 Å². The maximum Gasteiger partial charge on any atom is 0.122 e. The number of likely N-dealkylation sites (N-methyl/N-ethyl adjacent to an activating group) is 1. The number of para-hydroxylation sites is 1. The quantitative estimate of drug-likeness (QED) is 0.923. The van der Waals surface area contributed by atoms with Gasteiger partial charge in [0.25, 0.3) is 0 Å². The van der Waals surface area contributed by atoms with Gasteiger partial charge < -0.3 is 10.1 Å². The van der Waals surface area contributed by atoms with E-state index in [-0.39, 0.29) is 0 Å². The van der Waals surface area contributed by atoms with Crippen molar-refractivity contribution in [3.63, 3.8) is 0 Å². The fourth-order valence-electron chi connectivity index (χ4n) is 2.51. The highest BCUT2D eigenvalue weighted by Crippen LogP contribution is 2.43. The minimum atomic E-state index is 0.294. The topological polar surface area (TPSA) is 21.3 Å². The first-order valence-electron chi connectivity index (χ1n) is 5.93. The molecular formula is C14H14BrNOS. The number of rotatable bonds is 3. The average Bonchev–Trinajstić information content (AvgIpc) is 2.99. The van der Waals surface area contributed by atoms with Gasteiger partial charge in [-0.05, 0) is 40.5 Å². The molecule has 1 aliphatic rings. The summed E-state index contributed by atoms with van der Waals surface area (Å²) in [4.78, 5) is 1.34. The Kier molecular flexibility index (Phi) is 3.41. The van der Waals surface area contributed by atoms with Crippen LogP contribution < -0.4 is 10.1 Å². The molecular weight excluding hydrogens is 310 g/mol. The molecule has 1 N–H and O–H groups in total. The summed E-state index contributed by atoms with van der Waals surface area (Å²) in [6, 6.07) is 10.7. The van der Waals surface area contributed by atoms with Gasteiger partial charge in [0.2, 0.25) is 0 Å². The van der Waals surface area contributed by atoms with E-state index < -0.39 is 0 Å². The number of halogens is 1. The van der Waals surface area contributed by atoms with Gasteiger partial charge in [-0.1, -0.05) is 18.2 Å². The molecule has 2 nitrogen and oxygen atoms in total. The van der Waals surface area contributed by atoms with Crippen LogP contribution in [-0.4, -0.2) is 13.7 Å². The molecule has 1 aliphatic heterocycles. The van der Waals surface area contributed by atoms with Gasteiger partial charge in [0.05, 0.1) is 12.6 Å². The first-order valence-corrected chi connectivity index (χ1v) is 7.60. The normalized spacial score (nSPS) is 19.3. The minimum Gasteiger partial charge on any atom is -0.493 e. The summed E-state index contributed by atoms with van der Waals surface area (Å²) in [5.41, 5.74) is 1.30. The average molecular weight is 324 g/mol. The SMILES string of the molecule is CNC(c1sccc1Br)C1COc2ccccc21. The van der Waals surface area contributed by atoms with E-state index in [9.17, 15) is 0 Å². The van der Waals surface area contributed by atoms with Crippen LogP contribution in [-0.2, 0) is 0 Å². The van der Waals surface area contributed by atoms with E-state index in [0.29, 0.717) is 12.0 Å². The van der Waals surface area contributed by atoms with Crippen molar-refractivity contribution in [1.82, 2.24) is 5.32 Å². The van der Waals surface area contributed by atoms with Crippen LogP contribution in [0.15, 0.2) is 40.2 Å². The Hall–Kier alpha value is -0.840. The number of nitrogens with one attached hydrogen (secondary N) is 1. The van der Waals surface area contributed by atoms with E-state index >= 15 is 0 Å². The molecule has 94 valence electrons. The monoisotopic (exact) mass is 323 g/mol. The van der Waals surface area contributed by atoms with Crippen molar-refractivity contribution >= 4 is 27.3 Å². The summed E-state index contributed by atoms with van der Waals surface area (Å²) in [5, 5.41) is 5.55. The summed E-state index contributed by atoms with van der Waals surface area (Å²) in [5.74, 6) is 1.40. The number of fused-ring (bicyclic) bond motifs is 1. The highest BCUT2D eigenvalue weighted by atomic mass is 79.9. The van der Waals surface area contributed by atoms with Crippen LogP contribution >= 0.6 is 27.3 Å². The molecule has 0 fully saturated rings. The predicted molar refractivity (Wildman–Crippen MR) is 78.5 cm³/mol. The van der Waals surface area contributed by atoms with Crippen LogP contribution in [0, 0.1) is 0 Å². The third-order valence-corrected chi connectivity index (χ3v) is 5.33. The Morgan fingerprint density at radius 3 is 2.94 bits per heavy atom. The third-order valence-electron chi connectivity index (χ3n) is 3.38. The van der Waals surface area contributed by atoms with Crippen LogP contribution in [0.4, 0.5) is 0 Å². The molecule has 2 unspecified atom stereocenters. The van der Waals surface area contributed by atoms with E-state index in [0.717, 1.165) is 12.4 Å². The van der Waals surface area contributed by atoms with Crippen LogP contribution in [0.5, 0.6) is 5.75 Å². The molecule has 0 radical (unpaired) electrons. The molecule has 0 aliphatic carbocycles. The lowest BCUT2D eigenvalue weighted by molar-refractivity contribution is 0.305. The van der Waals surface area contributed by atoms with Crippen LogP contribution in [0.25, 0.3) is 0 Å². The van der Waals surface area contributed by atoms with E-state index in [4.69, 9.17) is 4.74 Å². The summed E-state index contributed by atoms with van der Waals surface area (Å²) >= 11 is 5.40. The highest BCUT2D eigenvalue weighted by Gasteiger charge is 2.32. The second-order valence-corrected chi connectivity index (χ2v) is 6.16. The molecule has 2 aromatic rings. The molecule has 1 aromatic heterocycles. The van der Waals surface area contributed by atoms with E-state index in [1.807, 2.05) is 19.2 Å². The first kappa shape index (κ1) is 12.2. The van der Waals surface area contributed by atoms with E-state index in [1.54, 1.807) is 11.3 Å². The van der Waals surface area contributed by atoms with Crippen molar-refractivity contribution in [3.8, 4) is 5.75 Å². The van der Waals surface area contributed by atoms with Crippen molar-refractivity contribution in [3.05, 3.63) is 50.6 Å². The van der Waals surface area contributed by atoms with Gasteiger partial charge in [0, 0.05) is 20.8 Å². The van der Waals surface area contributed by atoms with Gasteiger partial charge in [-0.15, -0.1) is 11.3 Å². The second kappa shape index (κ2) is 5.03. The zero-order chi connectivity index (χ0) is 12.5. The second-order valence-electron chi connectivity index (χ2n) is 4.35. The maximum atomic E-state index is 5.78. The molecule has 4 heteroatoms. The lowest BCUT2D eigenvalue weighted by Gasteiger charge is -2.21. The number of hydrogen-bond acceptors (Lipinski definition) is 3. The molecule has 0 spiro atoms. The number of hydrogen-bond donors (Lipinski definition) is 1. The summed E-state index contributed by atoms with van der Waals surface area (Å²) in [6.45, 7) is 0.745. The van der Waals surface area contributed by atoms with Crippen molar-refractivity contribution < 1.29 is 4.74 Å². The standard InChI is InChI=1S/C14H14BrNOS/c1-16-13(14-11(15)6-7-18-14)10-8-17-12-5-3-2-4-9(10)12/h2-7,10,13,16H,8H2,1H3. The molecule has 2 heterocycles. The van der Waals surface area contributed by atoms with Crippen LogP contribution in [0.3, 0.4) is 0 Å². The molecule has 18 heavy (non-hydrogen) atoms. The molecule has 3 rings (SSSR count). The largest absolute Gasteiger partial charge is 0.493 e. The summed E-state index contributed by atoms with van der Waals surface area (Å²) in [6.07, 6.45) is 0. The molecule has 0 bridgehead atoms. The molecule has 1 aromatic carbocycles. The zero-order valence-electron chi connectivity index (χ0n) is 10.0. The highest BCUT2D eigenvalue weighted by molar-refractivity contribution is 9.10. The number of ether oxygens (including phenoxy) is 1. The predicted octanol–water partition coefficient (Wildman–Crippen LogP) is 3.95. The third kappa shape index (κ3) is 1.98. The van der Waals surface area contributed by atoms with E-state index in [2.05, 4.69) is 44.8 Å². The molecule has 0 amide bonds. The Bertz CT molecular complexity index is 554. The van der Waals surface area contributed by atoms with Crippen LogP contribution in [0.2, 0.25) is 0 Å². The van der Waals surface area contributed by atoms with Crippen molar-refractivity contribution in [2.24, 2.45) is 0 Å². The number of thiophene rings is 1.